The van der Waals surface area contributed by atoms with Gasteiger partial charge in [-0.15, -0.1) is 0 Å². The van der Waals surface area contributed by atoms with Gasteiger partial charge < -0.3 is 0 Å². The molecule has 0 aromatic carbocycles. The molecule has 0 nitrogen and oxygen atoms in total. The van der Waals surface area contributed by atoms with Crippen LogP contribution in [0, 0.1) is 0 Å². The van der Waals surface area contributed by atoms with E-state index in [1.165, 1.54) is 0 Å². The number of hydrogen-bond donors (Lipinski definition) is 0. The normalized spacial score (nSPS) is 33.6. The lowest BCUT2D eigenvalue weighted by molar-refractivity contribution is 1.35. The molecule has 1 rings (SSSR count). The van der Waals surface area contributed by atoms with Crippen LogP contribution < -0.4 is 0 Å². The quantitative estimate of drug-likeness (QED) is 0.449. The van der Waals surface area contributed by atoms with E-state index in [-0.39, 0.29) is 0 Å². The molecule has 0 saturated carbocycles. The lowest BCUT2D eigenvalue weighted by Gasteiger charge is -2.03. The molecule has 0 radical (unpaired) electrons. The molecule has 0 aromatic rings. The molecule has 0 aliphatic carbocycles. The summed E-state index contributed by atoms with van der Waals surface area (Å²) in [6, 6.07) is 7.03. The van der Waals surface area contributed by atoms with Crippen molar-refractivity contribution in [2.45, 2.75) is 35.5 Å². The van der Waals surface area contributed by atoms with Crippen LogP contribution in [0.3, 0.4) is 0 Å². The smallest absolute Gasteiger partial charge is 0.0163 e. The highest BCUT2D eigenvalue weighted by Gasteiger charge is 1.97. The maximum absolute atomic E-state index is 1.82. The Morgan fingerprint density at radius 2 is 0.800 bits per heavy atom. The third-order valence-corrected chi connectivity index (χ3v) is 16.5. The SMILES string of the molecule is C1C[SiH2]C[SiH2]CC[SiH2]C[SiH2]1. The molecule has 1 aliphatic heterocycles. The minimum absolute atomic E-state index is 0.526. The molecular weight excluding hydrogens is 184 g/mol. The van der Waals surface area contributed by atoms with Crippen molar-refractivity contribution in [3.05, 3.63) is 0 Å². The van der Waals surface area contributed by atoms with Crippen molar-refractivity contribution in [1.82, 2.24) is 0 Å². The van der Waals surface area contributed by atoms with E-state index in [1.807, 2.05) is 11.3 Å². The van der Waals surface area contributed by atoms with Gasteiger partial charge in [0.1, 0.15) is 0 Å². The molecule has 1 fully saturated rings. The molecule has 1 saturated heterocycles. The van der Waals surface area contributed by atoms with E-state index in [0.29, 0.717) is 38.1 Å². The van der Waals surface area contributed by atoms with Crippen molar-refractivity contribution < 1.29 is 0 Å². The van der Waals surface area contributed by atoms with E-state index in [2.05, 4.69) is 0 Å². The topological polar surface area (TPSA) is 0 Å². The van der Waals surface area contributed by atoms with Gasteiger partial charge >= 0.3 is 0 Å². The molecule has 0 unspecified atom stereocenters. The van der Waals surface area contributed by atoms with Crippen molar-refractivity contribution in [2.75, 3.05) is 0 Å². The van der Waals surface area contributed by atoms with Crippen molar-refractivity contribution in [2.24, 2.45) is 0 Å². The Morgan fingerprint density at radius 1 is 0.500 bits per heavy atom. The second kappa shape index (κ2) is 6.57. The van der Waals surface area contributed by atoms with Crippen molar-refractivity contribution in [3.8, 4) is 0 Å². The molecular formula is C6H20Si4. The standard InChI is InChI=1S/C6H20Si4/c1-2-8-6-10-4-3-9-5-7-1/h1-10H2. The Labute approximate surface area is 73.9 Å². The van der Waals surface area contributed by atoms with Gasteiger partial charge in [0.05, 0.1) is 0 Å². The highest BCUT2D eigenvalue weighted by atomic mass is 28.3. The third-order valence-electron chi connectivity index (χ3n) is 2.50. The molecule has 0 atom stereocenters. The maximum atomic E-state index is 1.82. The second-order valence-electron chi connectivity index (χ2n) is 3.54. The predicted octanol–water partition coefficient (Wildman–Crippen LogP) is -0.900. The monoisotopic (exact) mass is 204 g/mol. The fourth-order valence-corrected chi connectivity index (χ4v) is 15.9. The van der Waals surface area contributed by atoms with Crippen LogP contribution in [0.5, 0.6) is 0 Å². The summed E-state index contributed by atoms with van der Waals surface area (Å²) in [6.45, 7) is 0. The molecule has 0 spiro atoms. The van der Waals surface area contributed by atoms with E-state index in [0.717, 1.165) is 0 Å². The molecule has 0 amide bonds. The van der Waals surface area contributed by atoms with Crippen LogP contribution in [0.1, 0.15) is 0 Å². The van der Waals surface area contributed by atoms with E-state index < -0.39 is 0 Å². The van der Waals surface area contributed by atoms with Crippen molar-refractivity contribution >= 4 is 38.1 Å². The van der Waals surface area contributed by atoms with Gasteiger partial charge in [0.2, 0.25) is 0 Å². The Hall–Kier alpha value is 0.868. The first-order valence-corrected chi connectivity index (χ1v) is 13.0. The zero-order valence-corrected chi connectivity index (χ0v) is 12.7. The minimum Gasteiger partial charge on any atom is -0.0721 e. The number of hydrogen-bond acceptors (Lipinski definition) is 0. The zero-order valence-electron chi connectivity index (χ0n) is 7.07. The molecule has 1 heterocycles. The van der Waals surface area contributed by atoms with Gasteiger partial charge in [-0.2, -0.15) is 0 Å². The fraction of sp³-hybridized carbons (Fsp3) is 1.00. The van der Waals surface area contributed by atoms with Crippen LogP contribution >= 0.6 is 0 Å². The first-order chi connectivity index (χ1) is 5.00. The molecule has 0 bridgehead atoms. The van der Waals surface area contributed by atoms with Crippen LogP contribution in [0.25, 0.3) is 0 Å². The highest BCUT2D eigenvalue weighted by Crippen LogP contribution is 2.01. The van der Waals surface area contributed by atoms with Gasteiger partial charge in [0.25, 0.3) is 0 Å². The number of rotatable bonds is 0. The molecule has 0 N–H and O–H groups in total. The summed E-state index contributed by atoms with van der Waals surface area (Å²) >= 11 is 0. The van der Waals surface area contributed by atoms with Gasteiger partial charge in [-0.3, -0.25) is 0 Å². The van der Waals surface area contributed by atoms with Gasteiger partial charge in [-0.05, 0) is 0 Å². The Bertz CT molecular complexity index is 42.9. The summed E-state index contributed by atoms with van der Waals surface area (Å²) in [5.41, 5.74) is 3.64. The lowest BCUT2D eigenvalue weighted by atomic mass is 10.9. The highest BCUT2D eigenvalue weighted by molar-refractivity contribution is 6.61. The Kier molecular flexibility index (Phi) is 5.89. The predicted molar refractivity (Wildman–Crippen MR) is 63.0 cm³/mol. The lowest BCUT2D eigenvalue weighted by Crippen LogP contribution is -2.05. The Morgan fingerprint density at radius 3 is 1.10 bits per heavy atom. The first kappa shape index (κ1) is 8.96. The maximum Gasteiger partial charge on any atom is 0.0163 e. The van der Waals surface area contributed by atoms with Crippen LogP contribution in [0.15, 0.2) is 0 Å². The average Bonchev–Trinajstić information content (AvgIpc) is 2.01. The van der Waals surface area contributed by atoms with Gasteiger partial charge in [-0.25, -0.2) is 0 Å². The van der Waals surface area contributed by atoms with Crippen LogP contribution in [-0.2, 0) is 0 Å². The zero-order chi connectivity index (χ0) is 7.07. The van der Waals surface area contributed by atoms with E-state index in [9.17, 15) is 0 Å². The van der Waals surface area contributed by atoms with E-state index >= 15 is 0 Å². The molecule has 0 aromatic heterocycles. The summed E-state index contributed by atoms with van der Waals surface area (Å²) in [6.07, 6.45) is 0. The average molecular weight is 205 g/mol. The minimum atomic E-state index is 0.526. The summed E-state index contributed by atoms with van der Waals surface area (Å²) in [4.78, 5) is 0. The summed E-state index contributed by atoms with van der Waals surface area (Å²) in [5, 5.41) is 0. The van der Waals surface area contributed by atoms with Crippen molar-refractivity contribution in [1.29, 1.82) is 0 Å². The van der Waals surface area contributed by atoms with Crippen molar-refractivity contribution in [3.63, 3.8) is 0 Å². The molecule has 60 valence electrons. The van der Waals surface area contributed by atoms with E-state index in [4.69, 9.17) is 0 Å². The first-order valence-electron chi connectivity index (χ1n) is 5.00. The van der Waals surface area contributed by atoms with Crippen LogP contribution in [0.2, 0.25) is 35.5 Å². The van der Waals surface area contributed by atoms with Gasteiger partial charge in [-0.1, -0.05) is 35.5 Å². The van der Waals surface area contributed by atoms with Gasteiger partial charge in [0.15, 0.2) is 0 Å². The summed E-state index contributed by atoms with van der Waals surface area (Å²) in [5.74, 6) is 0. The third kappa shape index (κ3) is 4.65. The Balaban J connectivity index is 2.00. The van der Waals surface area contributed by atoms with Crippen LogP contribution in [0.4, 0.5) is 0 Å². The fourth-order valence-electron chi connectivity index (χ4n) is 1.77. The van der Waals surface area contributed by atoms with E-state index in [1.54, 1.807) is 24.2 Å². The summed E-state index contributed by atoms with van der Waals surface area (Å²) in [7, 11) is 2.10. The van der Waals surface area contributed by atoms with Gasteiger partial charge in [0, 0.05) is 38.1 Å². The molecule has 10 heavy (non-hydrogen) atoms. The second-order valence-corrected chi connectivity index (χ2v) is 14.8. The molecule has 1 aliphatic rings. The van der Waals surface area contributed by atoms with Crippen LogP contribution in [-0.4, -0.2) is 38.1 Å². The molecule has 4 heteroatoms. The summed E-state index contributed by atoms with van der Waals surface area (Å²) < 4.78 is 0. The largest absolute Gasteiger partial charge is 0.0721 e.